The lowest BCUT2D eigenvalue weighted by Gasteiger charge is -1.97. The number of nitrogens with zero attached hydrogens (tertiary/aromatic N) is 3. The van der Waals surface area contributed by atoms with E-state index in [4.69, 9.17) is 9.78 Å². The molecule has 0 fully saturated rings. The molecule has 0 atom stereocenters. The molecular formula is C15H12N4O. The van der Waals surface area contributed by atoms with Crippen LogP contribution in [0.15, 0.2) is 41.1 Å². The molecule has 0 aliphatic rings. The van der Waals surface area contributed by atoms with Crippen molar-refractivity contribution in [3.63, 3.8) is 0 Å². The van der Waals surface area contributed by atoms with Crippen LogP contribution in [0.1, 0.15) is 22.6 Å². The van der Waals surface area contributed by atoms with Gasteiger partial charge in [0.1, 0.15) is 11.8 Å². The number of H-pyrrole nitrogens is 1. The minimum absolute atomic E-state index is 0.422. The van der Waals surface area contributed by atoms with Crippen LogP contribution in [-0.2, 0) is 6.42 Å². The van der Waals surface area contributed by atoms with Crippen LogP contribution in [0.3, 0.4) is 0 Å². The number of nitrogens with one attached hydrogen (secondary N) is 1. The molecule has 0 aliphatic carbocycles. The van der Waals surface area contributed by atoms with Crippen molar-refractivity contribution in [2.75, 3.05) is 0 Å². The molecule has 2 heterocycles. The first kappa shape index (κ1) is 12.2. The molecule has 2 aromatic heterocycles. The minimum Gasteiger partial charge on any atom is -0.352 e. The third-order valence-electron chi connectivity index (χ3n) is 2.96. The van der Waals surface area contributed by atoms with Gasteiger partial charge in [-0.1, -0.05) is 35.0 Å². The molecule has 20 heavy (non-hydrogen) atoms. The summed E-state index contributed by atoms with van der Waals surface area (Å²) in [5.74, 6) is 1.05. The average molecular weight is 264 g/mol. The summed E-state index contributed by atoms with van der Waals surface area (Å²) in [5.41, 5.74) is 3.54. The maximum atomic E-state index is 8.78. The SMILES string of the molecule is Cc1cccc(Cc2noc(-c3c[nH]c(C#N)c3)n2)c1. The molecule has 0 unspecified atom stereocenters. The number of aromatic amines is 1. The molecule has 0 aliphatic heterocycles. The number of aromatic nitrogens is 3. The van der Waals surface area contributed by atoms with Crippen molar-refractivity contribution in [3.05, 3.63) is 59.2 Å². The first-order valence-electron chi connectivity index (χ1n) is 6.21. The summed E-state index contributed by atoms with van der Waals surface area (Å²) in [6.45, 7) is 2.05. The molecule has 0 saturated carbocycles. The lowest BCUT2D eigenvalue weighted by atomic mass is 10.1. The van der Waals surface area contributed by atoms with Gasteiger partial charge >= 0.3 is 0 Å². The lowest BCUT2D eigenvalue weighted by Crippen LogP contribution is -1.91. The van der Waals surface area contributed by atoms with Gasteiger partial charge in [-0.2, -0.15) is 10.2 Å². The van der Waals surface area contributed by atoms with Gasteiger partial charge in [0.05, 0.1) is 5.56 Å². The van der Waals surface area contributed by atoms with Gasteiger partial charge in [0.15, 0.2) is 5.82 Å². The monoisotopic (exact) mass is 264 g/mol. The highest BCUT2D eigenvalue weighted by molar-refractivity contribution is 5.54. The summed E-state index contributed by atoms with van der Waals surface area (Å²) in [5, 5.41) is 12.7. The lowest BCUT2D eigenvalue weighted by molar-refractivity contribution is 0.424. The molecule has 98 valence electrons. The maximum absolute atomic E-state index is 8.78. The molecule has 1 N–H and O–H groups in total. The number of benzene rings is 1. The van der Waals surface area contributed by atoms with Crippen molar-refractivity contribution >= 4 is 0 Å². The first-order valence-corrected chi connectivity index (χ1v) is 6.21. The molecule has 0 amide bonds. The fourth-order valence-corrected chi connectivity index (χ4v) is 2.03. The summed E-state index contributed by atoms with van der Waals surface area (Å²) in [7, 11) is 0. The van der Waals surface area contributed by atoms with E-state index in [1.165, 1.54) is 5.56 Å². The molecule has 3 aromatic rings. The van der Waals surface area contributed by atoms with Crippen LogP contribution in [0.4, 0.5) is 0 Å². The summed E-state index contributed by atoms with van der Waals surface area (Å²) in [6.07, 6.45) is 2.31. The molecular weight excluding hydrogens is 252 g/mol. The van der Waals surface area contributed by atoms with E-state index in [1.54, 1.807) is 12.3 Å². The third kappa shape index (κ3) is 2.45. The largest absolute Gasteiger partial charge is 0.352 e. The van der Waals surface area contributed by atoms with E-state index in [2.05, 4.69) is 21.2 Å². The van der Waals surface area contributed by atoms with Gasteiger partial charge in [0.2, 0.25) is 0 Å². The van der Waals surface area contributed by atoms with E-state index >= 15 is 0 Å². The number of aryl methyl sites for hydroxylation is 1. The second kappa shape index (κ2) is 5.02. The van der Waals surface area contributed by atoms with E-state index < -0.39 is 0 Å². The third-order valence-corrected chi connectivity index (χ3v) is 2.96. The zero-order valence-corrected chi connectivity index (χ0v) is 10.9. The fraction of sp³-hybridized carbons (Fsp3) is 0.133. The molecule has 0 radical (unpaired) electrons. The molecule has 5 nitrogen and oxygen atoms in total. The van der Waals surface area contributed by atoms with Gasteiger partial charge in [-0.05, 0) is 18.6 Å². The predicted molar refractivity (Wildman–Crippen MR) is 72.8 cm³/mol. The molecule has 5 heteroatoms. The van der Waals surface area contributed by atoms with Crippen molar-refractivity contribution in [3.8, 4) is 17.5 Å². The van der Waals surface area contributed by atoms with Gasteiger partial charge in [0, 0.05) is 12.6 Å². The Bertz CT molecular complexity index is 779. The molecule has 1 aromatic carbocycles. The molecule has 0 saturated heterocycles. The van der Waals surface area contributed by atoms with Crippen LogP contribution in [0.5, 0.6) is 0 Å². The summed E-state index contributed by atoms with van der Waals surface area (Å²) >= 11 is 0. The van der Waals surface area contributed by atoms with Crippen LogP contribution in [0.2, 0.25) is 0 Å². The molecule has 0 bridgehead atoms. The Morgan fingerprint density at radius 2 is 2.25 bits per heavy atom. The van der Waals surface area contributed by atoms with Crippen molar-refractivity contribution in [2.45, 2.75) is 13.3 Å². The Morgan fingerprint density at radius 1 is 1.35 bits per heavy atom. The quantitative estimate of drug-likeness (QED) is 0.789. The average Bonchev–Trinajstić information content (AvgIpc) is 3.07. The minimum atomic E-state index is 0.422. The van der Waals surface area contributed by atoms with Gasteiger partial charge < -0.3 is 9.51 Å². The highest BCUT2D eigenvalue weighted by Crippen LogP contribution is 2.19. The summed E-state index contributed by atoms with van der Waals surface area (Å²) in [4.78, 5) is 7.18. The highest BCUT2D eigenvalue weighted by atomic mass is 16.5. The van der Waals surface area contributed by atoms with E-state index in [0.717, 1.165) is 11.1 Å². The van der Waals surface area contributed by atoms with E-state index in [9.17, 15) is 0 Å². The fourth-order valence-electron chi connectivity index (χ4n) is 2.03. The Kier molecular flexibility index (Phi) is 3.05. The van der Waals surface area contributed by atoms with Crippen LogP contribution >= 0.6 is 0 Å². The normalized spacial score (nSPS) is 10.4. The van der Waals surface area contributed by atoms with Gasteiger partial charge in [0.25, 0.3) is 5.89 Å². The Balaban J connectivity index is 1.82. The standard InChI is InChI=1S/C15H12N4O/c1-10-3-2-4-11(5-10)6-14-18-15(20-19-14)12-7-13(8-16)17-9-12/h2-5,7,9,17H,6H2,1H3. The maximum Gasteiger partial charge on any atom is 0.259 e. The second-order valence-electron chi connectivity index (χ2n) is 4.60. The van der Waals surface area contributed by atoms with Crippen molar-refractivity contribution in [1.82, 2.24) is 15.1 Å². The van der Waals surface area contributed by atoms with E-state index in [1.807, 2.05) is 31.2 Å². The van der Waals surface area contributed by atoms with Crippen molar-refractivity contribution < 1.29 is 4.52 Å². The predicted octanol–water partition coefficient (Wildman–Crippen LogP) is 2.84. The first-order chi connectivity index (χ1) is 9.74. The number of nitriles is 1. The second-order valence-corrected chi connectivity index (χ2v) is 4.60. The zero-order chi connectivity index (χ0) is 13.9. The number of hydrogen-bond acceptors (Lipinski definition) is 4. The zero-order valence-electron chi connectivity index (χ0n) is 10.9. The van der Waals surface area contributed by atoms with Crippen LogP contribution < -0.4 is 0 Å². The number of hydrogen-bond donors (Lipinski definition) is 1. The van der Waals surface area contributed by atoms with E-state index in [0.29, 0.717) is 23.8 Å². The van der Waals surface area contributed by atoms with Gasteiger partial charge in [-0.25, -0.2) is 0 Å². The summed E-state index contributed by atoms with van der Waals surface area (Å²) < 4.78 is 5.22. The van der Waals surface area contributed by atoms with Crippen molar-refractivity contribution in [1.29, 1.82) is 5.26 Å². The van der Waals surface area contributed by atoms with Crippen LogP contribution in [0, 0.1) is 18.3 Å². The molecule has 0 spiro atoms. The van der Waals surface area contributed by atoms with Crippen LogP contribution in [-0.4, -0.2) is 15.1 Å². The van der Waals surface area contributed by atoms with E-state index in [-0.39, 0.29) is 0 Å². The Morgan fingerprint density at radius 3 is 3.00 bits per heavy atom. The Labute approximate surface area is 115 Å². The van der Waals surface area contributed by atoms with Crippen molar-refractivity contribution in [2.24, 2.45) is 0 Å². The van der Waals surface area contributed by atoms with Gasteiger partial charge in [-0.3, -0.25) is 0 Å². The topological polar surface area (TPSA) is 78.5 Å². The summed E-state index contributed by atoms with van der Waals surface area (Å²) in [6, 6.07) is 11.9. The Hall–Kier alpha value is -2.87. The molecule has 3 rings (SSSR count). The number of rotatable bonds is 3. The van der Waals surface area contributed by atoms with Gasteiger partial charge in [-0.15, -0.1) is 0 Å². The smallest absolute Gasteiger partial charge is 0.259 e. The highest BCUT2D eigenvalue weighted by Gasteiger charge is 2.11. The van der Waals surface area contributed by atoms with Crippen LogP contribution in [0.25, 0.3) is 11.5 Å².